The van der Waals surface area contributed by atoms with Crippen LogP contribution >= 0.6 is 0 Å². The smallest absolute Gasteiger partial charge is 0.251 e. The summed E-state index contributed by atoms with van der Waals surface area (Å²) < 4.78 is 39.0. The highest BCUT2D eigenvalue weighted by molar-refractivity contribution is 7.94. The number of halogens is 1. The summed E-state index contributed by atoms with van der Waals surface area (Å²) >= 11 is 0. The zero-order chi connectivity index (χ0) is 23.0. The van der Waals surface area contributed by atoms with Gasteiger partial charge in [0.2, 0.25) is 15.9 Å². The van der Waals surface area contributed by atoms with Gasteiger partial charge in [-0.3, -0.25) is 9.59 Å². The lowest BCUT2D eigenvalue weighted by molar-refractivity contribution is -0.123. The van der Waals surface area contributed by atoms with Crippen LogP contribution in [0.1, 0.15) is 35.8 Å². The number of amides is 2. The maximum Gasteiger partial charge on any atom is 0.251 e. The maximum atomic E-state index is 13.2. The molecule has 0 saturated carbocycles. The Bertz CT molecular complexity index is 1100. The van der Waals surface area contributed by atoms with Gasteiger partial charge in [0.05, 0.1) is 22.9 Å². The molecule has 1 aliphatic rings. The van der Waals surface area contributed by atoms with Gasteiger partial charge in [0.15, 0.2) is 0 Å². The minimum absolute atomic E-state index is 0.144. The van der Waals surface area contributed by atoms with Gasteiger partial charge in [-0.1, -0.05) is 18.2 Å². The molecule has 1 N–H and O–H groups in total. The second-order valence-electron chi connectivity index (χ2n) is 8.50. The van der Waals surface area contributed by atoms with E-state index in [9.17, 15) is 22.4 Å². The van der Waals surface area contributed by atoms with Crippen molar-refractivity contribution in [3.63, 3.8) is 0 Å². The van der Waals surface area contributed by atoms with E-state index in [-0.39, 0.29) is 35.4 Å². The molecule has 9 heteroatoms. The van der Waals surface area contributed by atoms with Crippen molar-refractivity contribution in [3.8, 4) is 0 Å². The Morgan fingerprint density at radius 3 is 2.39 bits per heavy atom. The van der Waals surface area contributed by atoms with E-state index in [0.717, 1.165) is 9.87 Å². The number of hydrogen-bond acceptors (Lipinski definition) is 5. The zero-order valence-electron chi connectivity index (χ0n) is 17.9. The Kier molecular flexibility index (Phi) is 6.20. The lowest BCUT2D eigenvalue weighted by Gasteiger charge is -2.25. The first-order valence-corrected chi connectivity index (χ1v) is 11.4. The minimum Gasteiger partial charge on any atom is -0.350 e. The molecule has 166 valence electrons. The second-order valence-corrected chi connectivity index (χ2v) is 10.3. The molecule has 1 saturated heterocycles. The predicted octanol–water partition coefficient (Wildman–Crippen LogP) is 2.56. The summed E-state index contributed by atoms with van der Waals surface area (Å²) in [7, 11) is -0.0940. The molecule has 0 bridgehead atoms. The summed E-state index contributed by atoms with van der Waals surface area (Å²) in [5.74, 6) is -1.54. The zero-order valence-corrected chi connectivity index (χ0v) is 18.7. The van der Waals surface area contributed by atoms with Gasteiger partial charge in [0.1, 0.15) is 5.82 Å². The molecule has 2 aromatic rings. The molecule has 1 fully saturated rings. The number of carbonyl (C=O) groups excluding carboxylic acids is 2. The van der Waals surface area contributed by atoms with Gasteiger partial charge in [0.25, 0.3) is 5.91 Å². The Morgan fingerprint density at radius 1 is 1.19 bits per heavy atom. The minimum atomic E-state index is -3.80. The Hall–Kier alpha value is -2.78. The van der Waals surface area contributed by atoms with Gasteiger partial charge in [-0.15, -0.1) is 0 Å². The quantitative estimate of drug-likeness (QED) is 0.736. The van der Waals surface area contributed by atoms with Gasteiger partial charge < -0.3 is 10.2 Å². The number of rotatable bonds is 6. The fraction of sp³-hybridized carbons (Fsp3) is 0.364. The largest absolute Gasteiger partial charge is 0.350 e. The van der Waals surface area contributed by atoms with E-state index >= 15 is 0 Å². The molecule has 0 aliphatic carbocycles. The van der Waals surface area contributed by atoms with Crippen LogP contribution in [0.15, 0.2) is 48.5 Å². The van der Waals surface area contributed by atoms with Gasteiger partial charge >= 0.3 is 0 Å². The van der Waals surface area contributed by atoms with Crippen molar-refractivity contribution in [2.75, 3.05) is 30.7 Å². The Balaban J connectivity index is 1.79. The molecule has 1 unspecified atom stereocenters. The maximum absolute atomic E-state index is 13.2. The molecule has 31 heavy (non-hydrogen) atoms. The number of carbonyl (C=O) groups is 2. The number of likely N-dealkylation sites (N-methyl/N-ethyl adjacent to an activating group) is 1. The normalized spacial score (nSPS) is 18.3. The highest BCUT2D eigenvalue weighted by atomic mass is 32.2. The van der Waals surface area contributed by atoms with Crippen molar-refractivity contribution in [1.82, 2.24) is 10.2 Å². The predicted molar refractivity (Wildman–Crippen MR) is 117 cm³/mol. The summed E-state index contributed by atoms with van der Waals surface area (Å²) in [6.45, 7) is 3.43. The molecule has 3 rings (SSSR count). The van der Waals surface area contributed by atoms with E-state index in [4.69, 9.17) is 0 Å². The van der Waals surface area contributed by atoms with Crippen LogP contribution in [0.5, 0.6) is 0 Å². The summed E-state index contributed by atoms with van der Waals surface area (Å²) in [4.78, 5) is 27.3. The van der Waals surface area contributed by atoms with Crippen molar-refractivity contribution in [1.29, 1.82) is 0 Å². The van der Waals surface area contributed by atoms with Crippen LogP contribution in [0.25, 0.3) is 0 Å². The van der Waals surface area contributed by atoms with Crippen LogP contribution in [-0.4, -0.2) is 51.5 Å². The van der Waals surface area contributed by atoms with Crippen LogP contribution in [0.2, 0.25) is 0 Å². The number of sulfonamides is 1. The number of nitrogens with one attached hydrogen (secondary N) is 1. The van der Waals surface area contributed by atoms with E-state index in [2.05, 4.69) is 5.32 Å². The second kappa shape index (κ2) is 8.39. The molecule has 1 atom stereocenters. The van der Waals surface area contributed by atoms with Gasteiger partial charge in [0, 0.05) is 12.1 Å². The average molecular weight is 448 g/mol. The highest BCUT2D eigenvalue weighted by Crippen LogP contribution is 2.35. The molecule has 2 aromatic carbocycles. The number of anilines is 1. The summed E-state index contributed by atoms with van der Waals surface area (Å²) in [6.07, 6.45) is 0. The van der Waals surface area contributed by atoms with Gasteiger partial charge in [-0.05, 0) is 63.8 Å². The van der Waals surface area contributed by atoms with E-state index in [1.165, 1.54) is 24.3 Å². The van der Waals surface area contributed by atoms with Crippen molar-refractivity contribution in [3.05, 3.63) is 65.5 Å². The van der Waals surface area contributed by atoms with Crippen LogP contribution in [0, 0.1) is 11.2 Å². The topological polar surface area (TPSA) is 86.8 Å². The fourth-order valence-corrected chi connectivity index (χ4v) is 5.71. The molecule has 1 heterocycles. The molecule has 1 aliphatic heterocycles. The van der Waals surface area contributed by atoms with E-state index in [1.807, 2.05) is 19.0 Å². The molecule has 0 radical (unpaired) electrons. The summed E-state index contributed by atoms with van der Waals surface area (Å²) in [5, 5.41) is 2.83. The van der Waals surface area contributed by atoms with Crippen molar-refractivity contribution in [2.24, 2.45) is 5.41 Å². The van der Waals surface area contributed by atoms with Crippen LogP contribution in [0.3, 0.4) is 0 Å². The van der Waals surface area contributed by atoms with Crippen molar-refractivity contribution < 1.29 is 22.4 Å². The Morgan fingerprint density at radius 2 is 1.84 bits per heavy atom. The number of nitrogens with zero attached hydrogens (tertiary/aromatic N) is 2. The first-order valence-electron chi connectivity index (χ1n) is 9.80. The van der Waals surface area contributed by atoms with Gasteiger partial charge in [-0.25, -0.2) is 17.1 Å². The molecule has 7 nitrogen and oxygen atoms in total. The van der Waals surface area contributed by atoms with Crippen molar-refractivity contribution in [2.45, 2.75) is 19.9 Å². The standard InChI is InChI=1S/C22H26FN3O4S/c1-22(2)14-31(29,30)26(21(22)28)18-7-5-6-16(12-18)20(27)24-13-19(25(3)4)15-8-10-17(23)11-9-15/h5-12,19H,13-14H2,1-4H3,(H,24,27). The molecule has 0 aromatic heterocycles. The number of hydrogen-bond donors (Lipinski definition) is 1. The molecule has 2 amide bonds. The first kappa shape index (κ1) is 22.9. The summed E-state index contributed by atoms with van der Waals surface area (Å²) in [6, 6.07) is 11.9. The third kappa shape index (κ3) is 4.77. The van der Waals surface area contributed by atoms with E-state index in [0.29, 0.717) is 0 Å². The number of benzene rings is 2. The fourth-order valence-electron chi connectivity index (χ4n) is 3.61. The lowest BCUT2D eigenvalue weighted by Crippen LogP contribution is -2.35. The van der Waals surface area contributed by atoms with Gasteiger partial charge in [-0.2, -0.15) is 0 Å². The SMILES string of the molecule is CN(C)C(CNC(=O)c1cccc(N2C(=O)C(C)(C)CS2(=O)=O)c1)c1ccc(F)cc1. The lowest BCUT2D eigenvalue weighted by atomic mass is 9.95. The first-order chi connectivity index (χ1) is 14.4. The van der Waals surface area contributed by atoms with Crippen LogP contribution < -0.4 is 9.62 Å². The molecular weight excluding hydrogens is 421 g/mol. The monoisotopic (exact) mass is 447 g/mol. The summed E-state index contributed by atoms with van der Waals surface area (Å²) in [5.41, 5.74) is 0.203. The molecule has 0 spiro atoms. The van der Waals surface area contributed by atoms with Crippen LogP contribution in [-0.2, 0) is 14.8 Å². The van der Waals surface area contributed by atoms with Crippen LogP contribution in [0.4, 0.5) is 10.1 Å². The van der Waals surface area contributed by atoms with E-state index in [1.54, 1.807) is 38.1 Å². The van der Waals surface area contributed by atoms with Crippen molar-refractivity contribution >= 4 is 27.5 Å². The van der Waals surface area contributed by atoms with E-state index < -0.39 is 27.3 Å². The third-order valence-electron chi connectivity index (χ3n) is 5.26. The Labute approximate surface area is 181 Å². The molecular formula is C22H26FN3O4S. The third-order valence-corrected chi connectivity index (χ3v) is 7.28. The average Bonchev–Trinajstić information content (AvgIpc) is 2.85. The highest BCUT2D eigenvalue weighted by Gasteiger charge is 2.49.